The molecule has 1 aliphatic heterocycles. The Hall–Kier alpha value is -2.61. The Labute approximate surface area is 158 Å². The van der Waals surface area contributed by atoms with E-state index in [1.165, 1.54) is 39.7 Å². The third-order valence-electron chi connectivity index (χ3n) is 4.44. The standard InChI is InChI=1S/C19H21FN2O4S/c1-21(11-12-26-17-6-4-16(20)5-7-17)19(23)15-3-8-18-14(13-15)9-10-22(18)27(2,24)25/h3-8,13H,9-12H2,1-2H3. The fraction of sp³-hybridized carbons (Fsp3) is 0.316. The number of likely N-dealkylation sites (N-methyl/N-ethyl adjacent to an activating group) is 1. The fourth-order valence-corrected chi connectivity index (χ4v) is 3.96. The third kappa shape index (κ3) is 4.39. The van der Waals surface area contributed by atoms with Gasteiger partial charge < -0.3 is 9.64 Å². The number of hydrogen-bond acceptors (Lipinski definition) is 4. The summed E-state index contributed by atoms with van der Waals surface area (Å²) in [5, 5.41) is 0. The van der Waals surface area contributed by atoms with Crippen molar-refractivity contribution < 1.29 is 22.3 Å². The summed E-state index contributed by atoms with van der Waals surface area (Å²) in [6.07, 6.45) is 1.76. The molecule has 1 aliphatic rings. The van der Waals surface area contributed by atoms with Crippen LogP contribution in [0.15, 0.2) is 42.5 Å². The molecule has 1 heterocycles. The van der Waals surface area contributed by atoms with E-state index in [9.17, 15) is 17.6 Å². The SMILES string of the molecule is CN(CCOc1ccc(F)cc1)C(=O)c1ccc2c(c1)CCN2S(C)(=O)=O. The molecule has 2 aromatic carbocycles. The van der Waals surface area contributed by atoms with Crippen molar-refractivity contribution in [2.24, 2.45) is 0 Å². The molecule has 0 N–H and O–H groups in total. The molecule has 0 atom stereocenters. The van der Waals surface area contributed by atoms with E-state index in [2.05, 4.69) is 0 Å². The van der Waals surface area contributed by atoms with Crippen molar-refractivity contribution >= 4 is 21.6 Å². The van der Waals surface area contributed by atoms with Gasteiger partial charge in [0, 0.05) is 19.2 Å². The number of sulfonamides is 1. The van der Waals surface area contributed by atoms with Crippen LogP contribution in [-0.4, -0.2) is 52.2 Å². The quantitative estimate of drug-likeness (QED) is 0.757. The predicted molar refractivity (Wildman–Crippen MR) is 101 cm³/mol. The van der Waals surface area contributed by atoms with Gasteiger partial charge in [-0.2, -0.15) is 0 Å². The van der Waals surface area contributed by atoms with Gasteiger partial charge in [0.05, 0.1) is 18.5 Å². The van der Waals surface area contributed by atoms with Crippen LogP contribution in [0.2, 0.25) is 0 Å². The van der Waals surface area contributed by atoms with Gasteiger partial charge in [-0.1, -0.05) is 0 Å². The van der Waals surface area contributed by atoms with Gasteiger partial charge in [0.2, 0.25) is 10.0 Å². The van der Waals surface area contributed by atoms with Crippen molar-refractivity contribution in [2.75, 3.05) is 37.3 Å². The first kappa shape index (κ1) is 19.2. The minimum Gasteiger partial charge on any atom is -0.492 e. The van der Waals surface area contributed by atoms with E-state index in [-0.39, 0.29) is 18.3 Å². The van der Waals surface area contributed by atoms with Crippen LogP contribution in [0.3, 0.4) is 0 Å². The molecule has 0 radical (unpaired) electrons. The molecule has 8 heteroatoms. The van der Waals surface area contributed by atoms with Gasteiger partial charge in [-0.05, 0) is 54.4 Å². The Bertz CT molecular complexity index is 945. The van der Waals surface area contributed by atoms with Gasteiger partial charge in [0.15, 0.2) is 0 Å². The van der Waals surface area contributed by atoms with Crippen LogP contribution in [0, 0.1) is 5.82 Å². The molecule has 144 valence electrons. The average Bonchev–Trinajstić information content (AvgIpc) is 3.06. The summed E-state index contributed by atoms with van der Waals surface area (Å²) in [7, 11) is -1.64. The lowest BCUT2D eigenvalue weighted by Crippen LogP contribution is -2.31. The summed E-state index contributed by atoms with van der Waals surface area (Å²) in [5.74, 6) is 0.0367. The maximum atomic E-state index is 12.9. The molecule has 0 aromatic heterocycles. The van der Waals surface area contributed by atoms with Crippen LogP contribution in [-0.2, 0) is 16.4 Å². The van der Waals surface area contributed by atoms with Crippen molar-refractivity contribution in [3.05, 3.63) is 59.4 Å². The lowest BCUT2D eigenvalue weighted by molar-refractivity contribution is 0.0773. The molecule has 27 heavy (non-hydrogen) atoms. The molecule has 0 spiro atoms. The number of ether oxygens (including phenoxy) is 1. The fourth-order valence-electron chi connectivity index (χ4n) is 3.00. The molecule has 0 saturated heterocycles. The van der Waals surface area contributed by atoms with Crippen molar-refractivity contribution in [1.82, 2.24) is 4.90 Å². The predicted octanol–water partition coefficient (Wildman–Crippen LogP) is 2.30. The topological polar surface area (TPSA) is 66.9 Å². The number of halogens is 1. The summed E-state index contributed by atoms with van der Waals surface area (Å²) in [5.41, 5.74) is 1.99. The number of amides is 1. The summed E-state index contributed by atoms with van der Waals surface area (Å²) < 4.78 is 43.3. The van der Waals surface area contributed by atoms with E-state index in [1.54, 1.807) is 25.2 Å². The van der Waals surface area contributed by atoms with E-state index >= 15 is 0 Å². The van der Waals surface area contributed by atoms with Gasteiger partial charge >= 0.3 is 0 Å². The molecule has 0 aliphatic carbocycles. The Morgan fingerprint density at radius 2 is 1.93 bits per heavy atom. The van der Waals surface area contributed by atoms with Crippen molar-refractivity contribution in [3.8, 4) is 5.75 Å². The van der Waals surface area contributed by atoms with Crippen LogP contribution in [0.25, 0.3) is 0 Å². The van der Waals surface area contributed by atoms with Gasteiger partial charge in [-0.15, -0.1) is 0 Å². The summed E-state index contributed by atoms with van der Waals surface area (Å²) in [6.45, 7) is 1.04. The number of carbonyl (C=O) groups is 1. The second-order valence-electron chi connectivity index (χ2n) is 6.46. The number of fused-ring (bicyclic) bond motifs is 1. The largest absolute Gasteiger partial charge is 0.492 e. The first-order chi connectivity index (χ1) is 12.8. The molecular weight excluding hydrogens is 371 g/mol. The maximum absolute atomic E-state index is 12.9. The Morgan fingerprint density at radius 3 is 2.59 bits per heavy atom. The number of carbonyl (C=O) groups excluding carboxylic acids is 1. The van der Waals surface area contributed by atoms with Gasteiger partial charge in [-0.3, -0.25) is 9.10 Å². The smallest absolute Gasteiger partial charge is 0.253 e. The normalized spacial score (nSPS) is 13.4. The van der Waals surface area contributed by atoms with Crippen LogP contribution >= 0.6 is 0 Å². The lowest BCUT2D eigenvalue weighted by Gasteiger charge is -2.19. The Morgan fingerprint density at radius 1 is 1.22 bits per heavy atom. The first-order valence-corrected chi connectivity index (χ1v) is 10.3. The number of benzene rings is 2. The number of hydrogen-bond donors (Lipinski definition) is 0. The van der Waals surface area contributed by atoms with Crippen LogP contribution in [0.4, 0.5) is 10.1 Å². The number of rotatable bonds is 6. The minimum atomic E-state index is -3.31. The monoisotopic (exact) mass is 392 g/mol. The Balaban J connectivity index is 1.61. The maximum Gasteiger partial charge on any atom is 0.253 e. The molecule has 0 unspecified atom stereocenters. The zero-order valence-electron chi connectivity index (χ0n) is 15.2. The molecular formula is C19H21FN2O4S. The van der Waals surface area contributed by atoms with E-state index in [0.29, 0.717) is 36.5 Å². The minimum absolute atomic E-state index is 0.168. The zero-order chi connectivity index (χ0) is 19.6. The average molecular weight is 392 g/mol. The third-order valence-corrected chi connectivity index (χ3v) is 5.62. The molecule has 2 aromatic rings. The lowest BCUT2D eigenvalue weighted by atomic mass is 10.1. The van der Waals surface area contributed by atoms with Crippen molar-refractivity contribution in [3.63, 3.8) is 0 Å². The van der Waals surface area contributed by atoms with Gasteiger partial charge in [0.25, 0.3) is 5.91 Å². The highest BCUT2D eigenvalue weighted by Crippen LogP contribution is 2.30. The second-order valence-corrected chi connectivity index (χ2v) is 8.36. The van der Waals surface area contributed by atoms with Crippen molar-refractivity contribution in [1.29, 1.82) is 0 Å². The molecule has 6 nitrogen and oxygen atoms in total. The number of anilines is 1. The molecule has 0 fully saturated rings. The Kier molecular flexibility index (Phi) is 5.36. The van der Waals surface area contributed by atoms with Gasteiger partial charge in [-0.25, -0.2) is 12.8 Å². The van der Waals surface area contributed by atoms with E-state index in [1.807, 2.05) is 0 Å². The highest BCUT2D eigenvalue weighted by molar-refractivity contribution is 7.92. The van der Waals surface area contributed by atoms with E-state index in [4.69, 9.17) is 4.74 Å². The molecule has 1 amide bonds. The first-order valence-electron chi connectivity index (χ1n) is 8.50. The number of nitrogens with zero attached hydrogens (tertiary/aromatic N) is 2. The van der Waals surface area contributed by atoms with Gasteiger partial charge in [0.1, 0.15) is 18.2 Å². The molecule has 3 rings (SSSR count). The van der Waals surface area contributed by atoms with Crippen LogP contribution in [0.5, 0.6) is 5.75 Å². The molecule has 0 bridgehead atoms. The summed E-state index contributed by atoms with van der Waals surface area (Å²) in [6, 6.07) is 10.8. The summed E-state index contributed by atoms with van der Waals surface area (Å²) >= 11 is 0. The van der Waals surface area contributed by atoms with E-state index in [0.717, 1.165) is 5.56 Å². The zero-order valence-corrected chi connectivity index (χ0v) is 16.0. The van der Waals surface area contributed by atoms with Crippen LogP contribution in [0.1, 0.15) is 15.9 Å². The second kappa shape index (κ2) is 7.56. The van der Waals surface area contributed by atoms with Crippen LogP contribution < -0.4 is 9.04 Å². The highest BCUT2D eigenvalue weighted by Gasteiger charge is 2.27. The highest BCUT2D eigenvalue weighted by atomic mass is 32.2. The molecule has 0 saturated carbocycles. The summed E-state index contributed by atoms with van der Waals surface area (Å²) in [4.78, 5) is 14.1. The van der Waals surface area contributed by atoms with E-state index < -0.39 is 10.0 Å². The van der Waals surface area contributed by atoms with Crippen molar-refractivity contribution in [2.45, 2.75) is 6.42 Å².